The summed E-state index contributed by atoms with van der Waals surface area (Å²) in [5.74, 6) is 0. The SMILES string of the molecule is CCCC(O)Cn1nc(CC)cc1CC. The smallest absolute Gasteiger partial charge is 0.0736 e. The standard InChI is InChI=1S/C12H22N2O/c1-4-7-12(15)9-14-11(6-3)8-10(5-2)13-14/h8,12,15H,4-7,9H2,1-3H3. The van der Waals surface area contributed by atoms with Crippen LogP contribution in [0.15, 0.2) is 6.07 Å². The lowest BCUT2D eigenvalue weighted by molar-refractivity contribution is 0.137. The molecule has 1 atom stereocenters. The van der Waals surface area contributed by atoms with Crippen molar-refractivity contribution in [1.29, 1.82) is 0 Å². The number of aliphatic hydroxyl groups is 1. The van der Waals surface area contributed by atoms with Gasteiger partial charge in [-0.1, -0.05) is 27.2 Å². The van der Waals surface area contributed by atoms with E-state index in [0.29, 0.717) is 6.54 Å². The second kappa shape index (κ2) is 5.91. The molecule has 1 heterocycles. The molecule has 86 valence electrons. The zero-order valence-electron chi connectivity index (χ0n) is 10.0. The van der Waals surface area contributed by atoms with Crippen LogP contribution in [0.3, 0.4) is 0 Å². The molecule has 0 aliphatic rings. The summed E-state index contributed by atoms with van der Waals surface area (Å²) >= 11 is 0. The number of aryl methyl sites for hydroxylation is 2. The van der Waals surface area contributed by atoms with Gasteiger partial charge in [0.15, 0.2) is 0 Å². The van der Waals surface area contributed by atoms with Crippen LogP contribution in [0.5, 0.6) is 0 Å². The Hall–Kier alpha value is -0.830. The molecule has 0 amide bonds. The molecule has 0 bridgehead atoms. The lowest BCUT2D eigenvalue weighted by Gasteiger charge is -2.11. The molecule has 0 fully saturated rings. The maximum absolute atomic E-state index is 9.74. The average Bonchev–Trinajstić information content (AvgIpc) is 2.60. The Kier molecular flexibility index (Phi) is 4.82. The Labute approximate surface area is 92.1 Å². The molecule has 0 radical (unpaired) electrons. The van der Waals surface area contributed by atoms with Crippen LogP contribution < -0.4 is 0 Å². The number of hydrogen-bond donors (Lipinski definition) is 1. The minimum absolute atomic E-state index is 0.259. The normalized spacial score (nSPS) is 13.1. The molecular formula is C12H22N2O. The topological polar surface area (TPSA) is 38.0 Å². The maximum Gasteiger partial charge on any atom is 0.0736 e. The van der Waals surface area contributed by atoms with Crippen molar-refractivity contribution in [2.45, 2.75) is 59.1 Å². The van der Waals surface area contributed by atoms with Gasteiger partial charge in [-0.25, -0.2) is 0 Å². The highest BCUT2D eigenvalue weighted by atomic mass is 16.3. The van der Waals surface area contributed by atoms with Crippen LogP contribution in [0.2, 0.25) is 0 Å². The van der Waals surface area contributed by atoms with Gasteiger partial charge in [-0.15, -0.1) is 0 Å². The number of hydrogen-bond acceptors (Lipinski definition) is 2. The number of aromatic nitrogens is 2. The summed E-state index contributed by atoms with van der Waals surface area (Å²) in [7, 11) is 0. The Morgan fingerprint density at radius 1 is 1.33 bits per heavy atom. The maximum atomic E-state index is 9.74. The Morgan fingerprint density at radius 2 is 2.07 bits per heavy atom. The van der Waals surface area contributed by atoms with Gasteiger partial charge in [-0.3, -0.25) is 4.68 Å². The zero-order valence-corrected chi connectivity index (χ0v) is 10.0. The quantitative estimate of drug-likeness (QED) is 0.781. The van der Waals surface area contributed by atoms with Crippen molar-refractivity contribution in [2.24, 2.45) is 0 Å². The van der Waals surface area contributed by atoms with E-state index in [1.165, 1.54) is 5.69 Å². The zero-order chi connectivity index (χ0) is 11.3. The summed E-state index contributed by atoms with van der Waals surface area (Å²) in [6.07, 6.45) is 3.55. The van der Waals surface area contributed by atoms with E-state index in [1.807, 2.05) is 4.68 Å². The Morgan fingerprint density at radius 3 is 2.60 bits per heavy atom. The highest BCUT2D eigenvalue weighted by Crippen LogP contribution is 2.08. The fraction of sp³-hybridized carbons (Fsp3) is 0.750. The molecule has 1 unspecified atom stereocenters. The molecule has 0 spiro atoms. The highest BCUT2D eigenvalue weighted by molar-refractivity contribution is 5.10. The van der Waals surface area contributed by atoms with E-state index in [1.54, 1.807) is 0 Å². The van der Waals surface area contributed by atoms with E-state index in [9.17, 15) is 5.11 Å². The third-order valence-corrected chi connectivity index (χ3v) is 2.64. The average molecular weight is 210 g/mol. The summed E-state index contributed by atoms with van der Waals surface area (Å²) in [6.45, 7) is 6.95. The van der Waals surface area contributed by atoms with Crippen LogP contribution in [0.4, 0.5) is 0 Å². The number of rotatable bonds is 6. The van der Waals surface area contributed by atoms with E-state index in [2.05, 4.69) is 31.9 Å². The molecule has 3 heteroatoms. The first kappa shape index (κ1) is 12.2. The van der Waals surface area contributed by atoms with E-state index < -0.39 is 0 Å². The van der Waals surface area contributed by atoms with Crippen LogP contribution in [0.25, 0.3) is 0 Å². The molecular weight excluding hydrogens is 188 g/mol. The minimum Gasteiger partial charge on any atom is -0.391 e. The molecule has 1 aromatic heterocycles. The van der Waals surface area contributed by atoms with Crippen LogP contribution in [-0.4, -0.2) is 21.0 Å². The molecule has 0 saturated carbocycles. The molecule has 15 heavy (non-hydrogen) atoms. The van der Waals surface area contributed by atoms with Gasteiger partial charge in [0, 0.05) is 5.69 Å². The first-order chi connectivity index (χ1) is 7.21. The molecule has 0 aliphatic carbocycles. The van der Waals surface area contributed by atoms with E-state index in [0.717, 1.165) is 31.4 Å². The Balaban J connectivity index is 2.69. The van der Waals surface area contributed by atoms with Gasteiger partial charge in [0.05, 0.1) is 18.3 Å². The summed E-state index contributed by atoms with van der Waals surface area (Å²) in [4.78, 5) is 0. The monoisotopic (exact) mass is 210 g/mol. The largest absolute Gasteiger partial charge is 0.391 e. The highest BCUT2D eigenvalue weighted by Gasteiger charge is 2.09. The third kappa shape index (κ3) is 3.34. The summed E-state index contributed by atoms with van der Waals surface area (Å²) in [5.41, 5.74) is 2.34. The van der Waals surface area contributed by atoms with E-state index in [-0.39, 0.29) is 6.10 Å². The van der Waals surface area contributed by atoms with Gasteiger partial charge in [0.2, 0.25) is 0 Å². The van der Waals surface area contributed by atoms with Gasteiger partial charge in [-0.05, 0) is 25.3 Å². The number of aliphatic hydroxyl groups excluding tert-OH is 1. The van der Waals surface area contributed by atoms with Crippen molar-refractivity contribution < 1.29 is 5.11 Å². The van der Waals surface area contributed by atoms with Crippen LogP contribution in [0.1, 0.15) is 45.0 Å². The van der Waals surface area contributed by atoms with Crippen molar-refractivity contribution in [3.63, 3.8) is 0 Å². The van der Waals surface area contributed by atoms with Gasteiger partial charge < -0.3 is 5.11 Å². The lowest BCUT2D eigenvalue weighted by Crippen LogP contribution is -2.18. The summed E-state index contributed by atoms with van der Waals surface area (Å²) < 4.78 is 1.96. The number of nitrogens with zero attached hydrogens (tertiary/aromatic N) is 2. The first-order valence-corrected chi connectivity index (χ1v) is 5.94. The molecule has 3 nitrogen and oxygen atoms in total. The van der Waals surface area contributed by atoms with Crippen molar-refractivity contribution in [1.82, 2.24) is 9.78 Å². The van der Waals surface area contributed by atoms with Crippen LogP contribution in [-0.2, 0) is 19.4 Å². The van der Waals surface area contributed by atoms with Crippen LogP contribution in [0, 0.1) is 0 Å². The third-order valence-electron chi connectivity index (χ3n) is 2.64. The fourth-order valence-corrected chi connectivity index (χ4v) is 1.75. The molecule has 0 saturated heterocycles. The predicted molar refractivity (Wildman–Crippen MR) is 61.9 cm³/mol. The van der Waals surface area contributed by atoms with E-state index in [4.69, 9.17) is 0 Å². The van der Waals surface area contributed by atoms with Crippen molar-refractivity contribution in [3.05, 3.63) is 17.5 Å². The molecule has 1 N–H and O–H groups in total. The van der Waals surface area contributed by atoms with Crippen LogP contribution >= 0.6 is 0 Å². The molecule has 1 rings (SSSR count). The van der Waals surface area contributed by atoms with Crippen molar-refractivity contribution in [2.75, 3.05) is 0 Å². The first-order valence-electron chi connectivity index (χ1n) is 5.94. The second-order valence-corrected chi connectivity index (χ2v) is 3.96. The second-order valence-electron chi connectivity index (χ2n) is 3.96. The minimum atomic E-state index is -0.259. The molecule has 0 aromatic carbocycles. The summed E-state index contributed by atoms with van der Waals surface area (Å²) in [5, 5.41) is 14.2. The van der Waals surface area contributed by atoms with Crippen molar-refractivity contribution in [3.8, 4) is 0 Å². The fourth-order valence-electron chi connectivity index (χ4n) is 1.75. The van der Waals surface area contributed by atoms with Gasteiger partial charge in [-0.2, -0.15) is 5.10 Å². The molecule has 1 aromatic rings. The van der Waals surface area contributed by atoms with Gasteiger partial charge in [0.25, 0.3) is 0 Å². The lowest BCUT2D eigenvalue weighted by atomic mass is 10.2. The molecule has 0 aliphatic heterocycles. The van der Waals surface area contributed by atoms with Gasteiger partial charge in [0.1, 0.15) is 0 Å². The van der Waals surface area contributed by atoms with Crippen molar-refractivity contribution >= 4 is 0 Å². The predicted octanol–water partition coefficient (Wildman–Crippen LogP) is 2.17. The van der Waals surface area contributed by atoms with Gasteiger partial charge >= 0.3 is 0 Å². The summed E-state index contributed by atoms with van der Waals surface area (Å²) in [6, 6.07) is 2.14. The van der Waals surface area contributed by atoms with E-state index >= 15 is 0 Å². The Bertz CT molecular complexity index is 294.